The number of thioether (sulfide) groups is 1. The Morgan fingerprint density at radius 1 is 1.13 bits per heavy atom. The summed E-state index contributed by atoms with van der Waals surface area (Å²) in [6, 6.07) is 16.4. The standard InChI is InChI=1S/C25H25N3OS2/c1-16(2)14-27-24(29)22(31-25(27)30)13-19-15-28(20-8-6-5-7-9-20)26-23(19)21-12-17(3)10-11-18(21)4/h5-13,15-16H,14H2,1-4H3/b22-13+. The molecule has 0 atom stereocenters. The number of carbonyl (C=O) groups is 1. The summed E-state index contributed by atoms with van der Waals surface area (Å²) in [6.45, 7) is 8.97. The molecular weight excluding hydrogens is 422 g/mol. The number of nitrogens with zero attached hydrogens (tertiary/aromatic N) is 3. The van der Waals surface area contributed by atoms with E-state index in [2.05, 4.69) is 45.9 Å². The van der Waals surface area contributed by atoms with E-state index in [-0.39, 0.29) is 5.91 Å². The Kier molecular flexibility index (Phi) is 6.12. The lowest BCUT2D eigenvalue weighted by molar-refractivity contribution is -0.122. The molecule has 3 aromatic rings. The Bertz CT molecular complexity index is 1180. The van der Waals surface area contributed by atoms with Crippen LogP contribution >= 0.6 is 24.0 Å². The predicted molar refractivity (Wildman–Crippen MR) is 133 cm³/mol. The maximum absolute atomic E-state index is 13.0. The molecule has 158 valence electrons. The average Bonchev–Trinajstić information content (AvgIpc) is 3.27. The zero-order valence-electron chi connectivity index (χ0n) is 18.1. The van der Waals surface area contributed by atoms with Gasteiger partial charge in [-0.2, -0.15) is 5.10 Å². The van der Waals surface area contributed by atoms with Crippen LogP contribution in [0.1, 0.15) is 30.5 Å². The number of benzene rings is 2. The minimum absolute atomic E-state index is 0.0249. The second-order valence-electron chi connectivity index (χ2n) is 8.22. The van der Waals surface area contributed by atoms with Gasteiger partial charge in [-0.25, -0.2) is 4.68 Å². The van der Waals surface area contributed by atoms with E-state index >= 15 is 0 Å². The van der Waals surface area contributed by atoms with E-state index in [1.165, 1.54) is 17.3 Å². The van der Waals surface area contributed by atoms with Crippen molar-refractivity contribution in [2.45, 2.75) is 27.7 Å². The number of aromatic nitrogens is 2. The van der Waals surface area contributed by atoms with Gasteiger partial charge in [0, 0.05) is 23.9 Å². The lowest BCUT2D eigenvalue weighted by Crippen LogP contribution is -2.31. The van der Waals surface area contributed by atoms with E-state index in [1.54, 1.807) is 4.90 Å². The first kappa shape index (κ1) is 21.5. The molecule has 0 aliphatic carbocycles. The molecule has 0 bridgehead atoms. The largest absolute Gasteiger partial charge is 0.293 e. The van der Waals surface area contributed by atoms with Crippen molar-refractivity contribution in [1.29, 1.82) is 0 Å². The zero-order chi connectivity index (χ0) is 22.1. The monoisotopic (exact) mass is 447 g/mol. The Hall–Kier alpha value is -2.70. The number of hydrogen-bond acceptors (Lipinski definition) is 4. The third kappa shape index (κ3) is 4.50. The zero-order valence-corrected chi connectivity index (χ0v) is 19.8. The van der Waals surface area contributed by atoms with Crippen molar-refractivity contribution in [2.24, 2.45) is 5.92 Å². The Labute approximate surface area is 193 Å². The molecule has 4 rings (SSSR count). The van der Waals surface area contributed by atoms with Gasteiger partial charge in [-0.1, -0.05) is 73.7 Å². The van der Waals surface area contributed by atoms with E-state index < -0.39 is 0 Å². The molecule has 1 aliphatic rings. The SMILES string of the molecule is Cc1ccc(C)c(-c2nn(-c3ccccc3)cc2/C=C2/SC(=S)N(CC(C)C)C2=O)c1. The van der Waals surface area contributed by atoms with Gasteiger partial charge in [-0.3, -0.25) is 9.69 Å². The number of amides is 1. The van der Waals surface area contributed by atoms with Crippen molar-refractivity contribution < 1.29 is 4.79 Å². The lowest BCUT2D eigenvalue weighted by atomic mass is 10.0. The number of thiocarbonyl (C=S) groups is 1. The summed E-state index contributed by atoms with van der Waals surface area (Å²) in [5.74, 6) is 0.330. The highest BCUT2D eigenvalue weighted by atomic mass is 32.2. The molecule has 0 saturated carbocycles. The Morgan fingerprint density at radius 2 is 1.87 bits per heavy atom. The Morgan fingerprint density at radius 3 is 2.58 bits per heavy atom. The molecule has 2 heterocycles. The molecule has 4 nitrogen and oxygen atoms in total. The summed E-state index contributed by atoms with van der Waals surface area (Å²) in [7, 11) is 0. The average molecular weight is 448 g/mol. The summed E-state index contributed by atoms with van der Waals surface area (Å²) < 4.78 is 2.49. The van der Waals surface area contributed by atoms with Gasteiger partial charge >= 0.3 is 0 Å². The van der Waals surface area contributed by atoms with Crippen LogP contribution in [0.15, 0.2) is 59.6 Å². The van der Waals surface area contributed by atoms with Gasteiger partial charge in [0.1, 0.15) is 10.0 Å². The van der Waals surface area contributed by atoms with Gasteiger partial charge in [0.2, 0.25) is 0 Å². The minimum Gasteiger partial charge on any atom is -0.293 e. The predicted octanol–water partition coefficient (Wildman–Crippen LogP) is 6.01. The fourth-order valence-corrected chi connectivity index (χ4v) is 4.84. The number of rotatable bonds is 5. The summed E-state index contributed by atoms with van der Waals surface area (Å²) in [5, 5.41) is 4.91. The van der Waals surface area contributed by atoms with E-state index in [0.717, 1.165) is 28.1 Å². The second-order valence-corrected chi connectivity index (χ2v) is 9.89. The van der Waals surface area contributed by atoms with Crippen molar-refractivity contribution in [3.8, 4) is 16.9 Å². The van der Waals surface area contributed by atoms with Crippen LogP contribution in [-0.2, 0) is 4.79 Å². The first-order chi connectivity index (χ1) is 14.8. The molecule has 2 aromatic carbocycles. The summed E-state index contributed by atoms with van der Waals surface area (Å²) in [6.07, 6.45) is 3.92. The molecule has 0 spiro atoms. The minimum atomic E-state index is -0.0249. The lowest BCUT2D eigenvalue weighted by Gasteiger charge is -2.16. The number of aryl methyl sites for hydroxylation is 2. The topological polar surface area (TPSA) is 38.1 Å². The molecule has 1 amide bonds. The van der Waals surface area contributed by atoms with Gasteiger partial charge < -0.3 is 0 Å². The van der Waals surface area contributed by atoms with Crippen LogP contribution in [0.4, 0.5) is 0 Å². The summed E-state index contributed by atoms with van der Waals surface area (Å²) in [5.41, 5.74) is 6.12. The van der Waals surface area contributed by atoms with Crippen molar-refractivity contribution in [1.82, 2.24) is 14.7 Å². The second kappa shape index (κ2) is 8.81. The molecule has 0 N–H and O–H groups in total. The van der Waals surface area contributed by atoms with Crippen LogP contribution < -0.4 is 0 Å². The van der Waals surface area contributed by atoms with Gasteiger partial charge in [0.05, 0.1) is 10.6 Å². The number of para-hydroxylation sites is 1. The van der Waals surface area contributed by atoms with Gasteiger partial charge in [-0.05, 0) is 49.6 Å². The molecule has 1 fully saturated rings. The van der Waals surface area contributed by atoms with Crippen LogP contribution in [0.3, 0.4) is 0 Å². The quantitative estimate of drug-likeness (QED) is 0.354. The van der Waals surface area contributed by atoms with Crippen LogP contribution in [0, 0.1) is 19.8 Å². The summed E-state index contributed by atoms with van der Waals surface area (Å²) in [4.78, 5) is 15.4. The van der Waals surface area contributed by atoms with Crippen molar-refractivity contribution in [3.63, 3.8) is 0 Å². The van der Waals surface area contributed by atoms with Gasteiger partial charge in [0.15, 0.2) is 0 Å². The molecule has 1 aromatic heterocycles. The maximum atomic E-state index is 13.0. The third-order valence-corrected chi connectivity index (χ3v) is 6.50. The number of carbonyl (C=O) groups excluding carboxylic acids is 1. The van der Waals surface area contributed by atoms with E-state index in [0.29, 0.717) is 21.7 Å². The highest BCUT2D eigenvalue weighted by Gasteiger charge is 2.32. The highest BCUT2D eigenvalue weighted by molar-refractivity contribution is 8.26. The Balaban J connectivity index is 1.82. The molecule has 1 aliphatic heterocycles. The van der Waals surface area contributed by atoms with Crippen molar-refractivity contribution in [3.05, 3.63) is 76.3 Å². The molecular formula is C25H25N3OS2. The van der Waals surface area contributed by atoms with Crippen LogP contribution in [0.2, 0.25) is 0 Å². The van der Waals surface area contributed by atoms with E-state index in [9.17, 15) is 4.79 Å². The van der Waals surface area contributed by atoms with E-state index in [4.69, 9.17) is 17.3 Å². The molecule has 31 heavy (non-hydrogen) atoms. The van der Waals surface area contributed by atoms with Crippen LogP contribution in [-0.4, -0.2) is 31.5 Å². The molecule has 0 unspecified atom stereocenters. The van der Waals surface area contributed by atoms with Crippen molar-refractivity contribution in [2.75, 3.05) is 6.54 Å². The van der Waals surface area contributed by atoms with Gasteiger partial charge in [0.25, 0.3) is 5.91 Å². The van der Waals surface area contributed by atoms with E-state index in [1.807, 2.05) is 47.3 Å². The molecule has 6 heteroatoms. The fraction of sp³-hybridized carbons (Fsp3) is 0.240. The smallest absolute Gasteiger partial charge is 0.266 e. The molecule has 1 saturated heterocycles. The first-order valence-corrected chi connectivity index (χ1v) is 11.5. The van der Waals surface area contributed by atoms with Gasteiger partial charge in [-0.15, -0.1) is 0 Å². The summed E-state index contributed by atoms with van der Waals surface area (Å²) >= 11 is 6.85. The maximum Gasteiger partial charge on any atom is 0.266 e. The normalized spacial score (nSPS) is 15.5. The highest BCUT2D eigenvalue weighted by Crippen LogP contribution is 2.36. The van der Waals surface area contributed by atoms with Crippen LogP contribution in [0.25, 0.3) is 23.0 Å². The first-order valence-electron chi connectivity index (χ1n) is 10.3. The molecule has 0 radical (unpaired) electrons. The van der Waals surface area contributed by atoms with Crippen molar-refractivity contribution >= 4 is 40.3 Å². The third-order valence-electron chi connectivity index (χ3n) is 5.12. The fourth-order valence-electron chi connectivity index (χ4n) is 3.57. The van der Waals surface area contributed by atoms with Crippen LogP contribution in [0.5, 0.6) is 0 Å². The number of hydrogen-bond donors (Lipinski definition) is 0.